The van der Waals surface area contributed by atoms with Gasteiger partial charge in [0.15, 0.2) is 0 Å². The highest BCUT2D eigenvalue weighted by Crippen LogP contribution is 2.17. The summed E-state index contributed by atoms with van der Waals surface area (Å²) >= 11 is 5.76. The number of nitrogens with one attached hydrogen (secondary N) is 2. The Morgan fingerprint density at radius 3 is 2.38 bits per heavy atom. The van der Waals surface area contributed by atoms with Gasteiger partial charge in [-0.2, -0.15) is 4.72 Å². The normalized spacial score (nSPS) is 12.6. The molecule has 1 amide bonds. The van der Waals surface area contributed by atoms with E-state index in [2.05, 4.69) is 10.0 Å². The molecule has 24 heavy (non-hydrogen) atoms. The lowest BCUT2D eigenvalue weighted by Crippen LogP contribution is -2.41. The molecular formula is C17H19ClN2O3S. The maximum atomic E-state index is 12.3. The van der Waals surface area contributed by atoms with E-state index in [1.54, 1.807) is 6.07 Å². The molecule has 0 aliphatic rings. The molecule has 0 bridgehead atoms. The number of carbonyl (C=O) groups excluding carboxylic acids is 1. The molecule has 0 fully saturated rings. The Hall–Kier alpha value is -1.89. The molecule has 2 N–H and O–H groups in total. The van der Waals surface area contributed by atoms with Crippen molar-refractivity contribution in [2.75, 3.05) is 5.32 Å². The standard InChI is InChI=1S/C17H19ClN2O3S/c1-3-13-6-4-5-7-16(13)19-17(21)12(2)20-24(22,23)15-10-8-14(18)9-11-15/h4-12,20H,3H2,1-2H3,(H,19,21)/t12-/m1/s1. The molecule has 0 saturated heterocycles. The molecule has 0 spiro atoms. The van der Waals surface area contributed by atoms with Crippen LogP contribution in [0.25, 0.3) is 0 Å². The van der Waals surface area contributed by atoms with Crippen LogP contribution in [-0.2, 0) is 21.2 Å². The van der Waals surface area contributed by atoms with Crippen LogP contribution in [0.4, 0.5) is 5.69 Å². The fourth-order valence-electron chi connectivity index (χ4n) is 2.16. The van der Waals surface area contributed by atoms with Gasteiger partial charge in [-0.25, -0.2) is 8.42 Å². The lowest BCUT2D eigenvalue weighted by Gasteiger charge is -2.16. The molecule has 7 heteroatoms. The van der Waals surface area contributed by atoms with Gasteiger partial charge in [-0.1, -0.05) is 36.7 Å². The second-order valence-electron chi connectivity index (χ2n) is 5.30. The average molecular weight is 367 g/mol. The number of aryl methyl sites for hydroxylation is 1. The number of halogens is 1. The van der Waals surface area contributed by atoms with Crippen molar-refractivity contribution in [1.29, 1.82) is 0 Å². The summed E-state index contributed by atoms with van der Waals surface area (Å²) in [6, 6.07) is 12.2. The monoisotopic (exact) mass is 366 g/mol. The molecule has 2 rings (SSSR count). The second kappa shape index (κ2) is 7.79. The van der Waals surface area contributed by atoms with Gasteiger partial charge in [0.1, 0.15) is 0 Å². The summed E-state index contributed by atoms with van der Waals surface area (Å²) in [6.07, 6.45) is 0.765. The lowest BCUT2D eigenvalue weighted by atomic mass is 10.1. The molecule has 0 unspecified atom stereocenters. The van der Waals surface area contributed by atoms with E-state index >= 15 is 0 Å². The predicted octanol–water partition coefficient (Wildman–Crippen LogP) is 3.21. The third-order valence-corrected chi connectivity index (χ3v) is 5.31. The van der Waals surface area contributed by atoms with Crippen molar-refractivity contribution in [3.8, 4) is 0 Å². The molecule has 0 aliphatic heterocycles. The lowest BCUT2D eigenvalue weighted by molar-refractivity contribution is -0.117. The van der Waals surface area contributed by atoms with E-state index in [0.29, 0.717) is 10.7 Å². The van der Waals surface area contributed by atoms with Gasteiger partial charge in [-0.15, -0.1) is 0 Å². The van der Waals surface area contributed by atoms with Crippen LogP contribution in [0.15, 0.2) is 53.4 Å². The fourth-order valence-corrected chi connectivity index (χ4v) is 3.49. The zero-order valence-corrected chi connectivity index (χ0v) is 15.0. The van der Waals surface area contributed by atoms with Crippen molar-refractivity contribution in [2.45, 2.75) is 31.2 Å². The average Bonchev–Trinajstić information content (AvgIpc) is 2.55. The minimum atomic E-state index is -3.80. The van der Waals surface area contributed by atoms with Crippen molar-refractivity contribution >= 4 is 33.2 Å². The first-order valence-corrected chi connectivity index (χ1v) is 9.36. The van der Waals surface area contributed by atoms with Gasteiger partial charge in [0.25, 0.3) is 0 Å². The number of rotatable bonds is 6. The predicted molar refractivity (Wildman–Crippen MR) is 95.7 cm³/mol. The molecule has 1 atom stereocenters. The van der Waals surface area contributed by atoms with Crippen LogP contribution in [0, 0.1) is 0 Å². The van der Waals surface area contributed by atoms with Crippen LogP contribution < -0.4 is 10.0 Å². The number of anilines is 1. The van der Waals surface area contributed by atoms with Crippen molar-refractivity contribution in [3.05, 3.63) is 59.1 Å². The highest BCUT2D eigenvalue weighted by Gasteiger charge is 2.22. The zero-order valence-electron chi connectivity index (χ0n) is 13.4. The van der Waals surface area contributed by atoms with E-state index in [0.717, 1.165) is 12.0 Å². The number of carbonyl (C=O) groups is 1. The van der Waals surface area contributed by atoms with Gasteiger partial charge >= 0.3 is 0 Å². The third kappa shape index (κ3) is 4.56. The second-order valence-corrected chi connectivity index (χ2v) is 7.45. The number of hydrogen-bond donors (Lipinski definition) is 2. The van der Waals surface area contributed by atoms with Gasteiger partial charge < -0.3 is 5.32 Å². The Kier molecular flexibility index (Phi) is 5.99. The van der Waals surface area contributed by atoms with Crippen molar-refractivity contribution < 1.29 is 13.2 Å². The van der Waals surface area contributed by atoms with Crippen LogP contribution in [0.5, 0.6) is 0 Å². The zero-order chi connectivity index (χ0) is 17.7. The summed E-state index contributed by atoms with van der Waals surface area (Å²) in [6.45, 7) is 3.48. The Bertz CT molecular complexity index is 820. The van der Waals surface area contributed by atoms with Crippen LogP contribution in [0.1, 0.15) is 19.4 Å². The topological polar surface area (TPSA) is 75.3 Å². The molecule has 0 aromatic heterocycles. The molecule has 0 radical (unpaired) electrons. The molecule has 0 saturated carbocycles. The smallest absolute Gasteiger partial charge is 0.242 e. The number of hydrogen-bond acceptors (Lipinski definition) is 3. The molecule has 128 valence electrons. The van der Waals surface area contributed by atoms with Crippen LogP contribution >= 0.6 is 11.6 Å². The van der Waals surface area contributed by atoms with E-state index in [1.165, 1.54) is 31.2 Å². The van der Waals surface area contributed by atoms with Crippen molar-refractivity contribution in [2.24, 2.45) is 0 Å². The molecule has 2 aromatic carbocycles. The van der Waals surface area contributed by atoms with Crippen LogP contribution in [0.2, 0.25) is 5.02 Å². The molecule has 0 heterocycles. The maximum Gasteiger partial charge on any atom is 0.242 e. The van der Waals surface area contributed by atoms with Gasteiger partial charge in [0.05, 0.1) is 10.9 Å². The van der Waals surface area contributed by atoms with E-state index in [-0.39, 0.29) is 4.90 Å². The van der Waals surface area contributed by atoms with Gasteiger partial charge in [-0.3, -0.25) is 4.79 Å². The third-order valence-electron chi connectivity index (χ3n) is 3.51. The minimum absolute atomic E-state index is 0.0560. The van der Waals surface area contributed by atoms with Gasteiger partial charge in [0.2, 0.25) is 15.9 Å². The highest BCUT2D eigenvalue weighted by molar-refractivity contribution is 7.89. The van der Waals surface area contributed by atoms with E-state index in [1.807, 2.05) is 25.1 Å². The largest absolute Gasteiger partial charge is 0.324 e. The summed E-state index contributed by atoms with van der Waals surface area (Å²) in [7, 11) is -3.80. The number of para-hydroxylation sites is 1. The first-order valence-electron chi connectivity index (χ1n) is 7.50. The van der Waals surface area contributed by atoms with E-state index < -0.39 is 22.0 Å². The number of benzene rings is 2. The van der Waals surface area contributed by atoms with Gasteiger partial charge in [0, 0.05) is 10.7 Å². The van der Waals surface area contributed by atoms with Crippen LogP contribution in [0.3, 0.4) is 0 Å². The first kappa shape index (κ1) is 18.4. The summed E-state index contributed by atoms with van der Waals surface area (Å²) in [4.78, 5) is 12.3. The van der Waals surface area contributed by atoms with Crippen molar-refractivity contribution in [1.82, 2.24) is 4.72 Å². The Labute approximate surface area is 147 Å². The summed E-state index contributed by atoms with van der Waals surface area (Å²) in [5.41, 5.74) is 1.67. The summed E-state index contributed by atoms with van der Waals surface area (Å²) < 4.78 is 27.0. The van der Waals surface area contributed by atoms with Crippen LogP contribution in [-0.4, -0.2) is 20.4 Å². The Morgan fingerprint density at radius 2 is 1.75 bits per heavy atom. The maximum absolute atomic E-state index is 12.3. The van der Waals surface area contributed by atoms with Crippen molar-refractivity contribution in [3.63, 3.8) is 0 Å². The Morgan fingerprint density at radius 1 is 1.12 bits per heavy atom. The SMILES string of the molecule is CCc1ccccc1NC(=O)[C@@H](C)NS(=O)(=O)c1ccc(Cl)cc1. The molecular weight excluding hydrogens is 348 g/mol. The Balaban J connectivity index is 2.09. The summed E-state index contributed by atoms with van der Waals surface area (Å²) in [5, 5.41) is 3.20. The number of amides is 1. The summed E-state index contributed by atoms with van der Waals surface area (Å²) in [5.74, 6) is -0.423. The fraction of sp³-hybridized carbons (Fsp3) is 0.235. The van der Waals surface area contributed by atoms with E-state index in [4.69, 9.17) is 11.6 Å². The first-order chi connectivity index (χ1) is 11.3. The van der Waals surface area contributed by atoms with Gasteiger partial charge in [-0.05, 0) is 49.2 Å². The number of sulfonamides is 1. The molecule has 0 aliphatic carbocycles. The van der Waals surface area contributed by atoms with E-state index in [9.17, 15) is 13.2 Å². The molecule has 5 nitrogen and oxygen atoms in total. The highest BCUT2D eigenvalue weighted by atomic mass is 35.5. The quantitative estimate of drug-likeness (QED) is 0.824. The minimum Gasteiger partial charge on any atom is -0.324 e. The molecule has 2 aromatic rings.